The number of hydrogen-bond donors (Lipinski definition) is 2. The highest BCUT2D eigenvalue weighted by molar-refractivity contribution is 7.99. The summed E-state index contributed by atoms with van der Waals surface area (Å²) in [5.41, 5.74) is 0. The summed E-state index contributed by atoms with van der Waals surface area (Å²) in [5, 5.41) is 10.2. The van der Waals surface area contributed by atoms with E-state index in [9.17, 15) is 18.4 Å². The summed E-state index contributed by atoms with van der Waals surface area (Å²) in [6.07, 6.45) is 0.171. The molecule has 0 spiro atoms. The third-order valence-electron chi connectivity index (χ3n) is 0.956. The van der Waals surface area contributed by atoms with Gasteiger partial charge in [0, 0.05) is 5.75 Å². The van der Waals surface area contributed by atoms with Crippen LogP contribution in [0.5, 0.6) is 0 Å². The van der Waals surface area contributed by atoms with Crippen LogP contribution >= 0.6 is 11.8 Å². The first-order valence-electron chi connectivity index (χ1n) is 2.90. The third kappa shape index (κ3) is 4.89. The molecule has 1 amide bonds. The Morgan fingerprint density at radius 3 is 2.58 bits per heavy atom. The van der Waals surface area contributed by atoms with E-state index < -0.39 is 17.8 Å². The number of amides is 1. The lowest BCUT2D eigenvalue weighted by atomic mass is 10.3. The van der Waals surface area contributed by atoms with Gasteiger partial charge in [0.2, 0.25) is 6.41 Å². The van der Waals surface area contributed by atoms with E-state index in [-0.39, 0.29) is 23.9 Å². The van der Waals surface area contributed by atoms with E-state index in [1.165, 1.54) is 0 Å². The number of aliphatic carboxylic acids is 1. The second-order valence-electron chi connectivity index (χ2n) is 1.77. The van der Waals surface area contributed by atoms with Gasteiger partial charge in [0.05, 0.1) is 0 Å². The second-order valence-corrected chi connectivity index (χ2v) is 2.79. The molecule has 0 aromatic carbocycles. The smallest absolute Gasteiger partial charge is 0.327 e. The van der Waals surface area contributed by atoms with Crippen LogP contribution < -0.4 is 5.32 Å². The minimum atomic E-state index is -2.62. The fourth-order valence-corrected chi connectivity index (χ4v) is 1.02. The van der Waals surface area contributed by atoms with Gasteiger partial charge in [0.25, 0.3) is 5.76 Å². The maximum Gasteiger partial charge on any atom is 0.327 e. The molecule has 1 atom stereocenters. The number of carbonyl (C=O) groups excluding carboxylic acids is 1. The molecule has 0 saturated carbocycles. The Labute approximate surface area is 71.3 Å². The van der Waals surface area contributed by atoms with Crippen molar-refractivity contribution in [2.45, 2.75) is 11.8 Å². The number of rotatable bonds is 6. The summed E-state index contributed by atoms with van der Waals surface area (Å²) in [4.78, 5) is 20.0. The molecule has 1 unspecified atom stereocenters. The molecular weight excluding hydrogens is 192 g/mol. The van der Waals surface area contributed by atoms with Crippen molar-refractivity contribution < 1.29 is 23.5 Å². The number of carboxylic acids is 1. The van der Waals surface area contributed by atoms with Crippen LogP contribution in [0.2, 0.25) is 0 Å². The molecule has 0 aromatic rings. The Morgan fingerprint density at radius 2 is 2.25 bits per heavy atom. The van der Waals surface area contributed by atoms with Gasteiger partial charge in [-0.15, -0.1) is 0 Å². The first-order chi connectivity index (χ1) is 5.57. The third-order valence-corrected chi connectivity index (χ3v) is 1.73. The van der Waals surface area contributed by atoms with E-state index in [0.717, 1.165) is 0 Å². The van der Waals surface area contributed by atoms with Crippen LogP contribution in [0.15, 0.2) is 0 Å². The van der Waals surface area contributed by atoms with Gasteiger partial charge in [0.1, 0.15) is 6.04 Å². The molecule has 0 radical (unpaired) electrons. The summed E-state index contributed by atoms with van der Waals surface area (Å²) < 4.78 is 23.1. The molecule has 0 aromatic heterocycles. The lowest BCUT2D eigenvalue weighted by Gasteiger charge is -2.09. The zero-order chi connectivity index (χ0) is 9.56. The molecule has 70 valence electrons. The van der Waals surface area contributed by atoms with Crippen LogP contribution in [0.25, 0.3) is 0 Å². The van der Waals surface area contributed by atoms with E-state index in [1.54, 1.807) is 0 Å². The summed E-state index contributed by atoms with van der Waals surface area (Å²) in [6, 6.07) is -1.25. The number of halogens is 2. The Balaban J connectivity index is 3.78. The molecule has 4 nitrogen and oxygen atoms in total. The van der Waals surface area contributed by atoms with Crippen LogP contribution in [0.3, 0.4) is 0 Å². The standard InChI is InChI=1S/C5H7F2NO3S/c6-5(7)12-1-3(4(10)11)8-2-9/h2-3,5H,1H2,(H,8,9)(H,10,11). The summed E-state index contributed by atoms with van der Waals surface area (Å²) in [6.45, 7) is 0. The Kier molecular flexibility index (Phi) is 5.35. The van der Waals surface area contributed by atoms with Gasteiger partial charge in [0.15, 0.2) is 0 Å². The van der Waals surface area contributed by atoms with E-state index in [2.05, 4.69) is 0 Å². The molecule has 0 fully saturated rings. The Hall–Kier alpha value is -0.850. The highest BCUT2D eigenvalue weighted by Gasteiger charge is 2.18. The first kappa shape index (κ1) is 11.2. The maximum atomic E-state index is 11.6. The van der Waals surface area contributed by atoms with Crippen LogP contribution in [-0.2, 0) is 9.59 Å². The predicted octanol–water partition coefficient (Wildman–Crippen LogP) is 0.141. The molecule has 0 aliphatic rings. The maximum absolute atomic E-state index is 11.6. The topological polar surface area (TPSA) is 66.4 Å². The van der Waals surface area contributed by atoms with Crippen molar-refractivity contribution in [1.82, 2.24) is 5.32 Å². The largest absolute Gasteiger partial charge is 0.480 e. The summed E-state index contributed by atoms with van der Waals surface area (Å²) >= 11 is 0.172. The van der Waals surface area contributed by atoms with Crippen molar-refractivity contribution in [1.29, 1.82) is 0 Å². The zero-order valence-corrected chi connectivity index (χ0v) is 6.68. The van der Waals surface area contributed by atoms with Gasteiger partial charge < -0.3 is 10.4 Å². The number of alkyl halides is 2. The molecule has 0 aliphatic heterocycles. The highest BCUT2D eigenvalue weighted by atomic mass is 32.2. The summed E-state index contributed by atoms with van der Waals surface area (Å²) in [5.74, 6) is -4.29. The van der Waals surface area contributed by atoms with Crippen molar-refractivity contribution in [2.24, 2.45) is 0 Å². The van der Waals surface area contributed by atoms with Gasteiger partial charge in [-0.05, 0) is 0 Å². The molecule has 0 heterocycles. The number of thioether (sulfide) groups is 1. The Bertz CT molecular complexity index is 167. The molecule has 12 heavy (non-hydrogen) atoms. The van der Waals surface area contributed by atoms with Crippen LogP contribution in [0.1, 0.15) is 0 Å². The number of carboxylic acid groups (broad SMARTS) is 1. The molecule has 0 saturated heterocycles. The Morgan fingerprint density at radius 1 is 1.67 bits per heavy atom. The zero-order valence-electron chi connectivity index (χ0n) is 5.87. The van der Waals surface area contributed by atoms with E-state index >= 15 is 0 Å². The number of hydrogen-bond acceptors (Lipinski definition) is 3. The number of nitrogens with one attached hydrogen (secondary N) is 1. The van der Waals surface area contributed by atoms with Gasteiger partial charge in [-0.1, -0.05) is 11.8 Å². The highest BCUT2D eigenvalue weighted by Crippen LogP contribution is 2.14. The van der Waals surface area contributed by atoms with E-state index in [0.29, 0.717) is 0 Å². The molecule has 0 aliphatic carbocycles. The van der Waals surface area contributed by atoms with Gasteiger partial charge in [-0.25, -0.2) is 4.79 Å². The quantitative estimate of drug-likeness (QED) is 0.597. The normalized spacial score (nSPS) is 12.6. The fraction of sp³-hybridized carbons (Fsp3) is 0.600. The van der Waals surface area contributed by atoms with Crippen LogP contribution in [0.4, 0.5) is 8.78 Å². The van der Waals surface area contributed by atoms with E-state index in [1.807, 2.05) is 5.32 Å². The van der Waals surface area contributed by atoms with E-state index in [4.69, 9.17) is 5.11 Å². The minimum Gasteiger partial charge on any atom is -0.480 e. The van der Waals surface area contributed by atoms with Gasteiger partial charge in [-0.2, -0.15) is 8.78 Å². The van der Waals surface area contributed by atoms with Crippen LogP contribution in [-0.4, -0.2) is 35.0 Å². The average Bonchev–Trinajstić information content (AvgIpc) is 1.96. The first-order valence-corrected chi connectivity index (χ1v) is 3.95. The second kappa shape index (κ2) is 5.76. The van der Waals surface area contributed by atoms with Crippen molar-refractivity contribution in [3.8, 4) is 0 Å². The SMILES string of the molecule is O=CNC(CSC(F)F)C(=O)O. The predicted molar refractivity (Wildman–Crippen MR) is 39.1 cm³/mol. The van der Waals surface area contributed by atoms with Crippen molar-refractivity contribution in [3.05, 3.63) is 0 Å². The van der Waals surface area contributed by atoms with Crippen molar-refractivity contribution in [3.63, 3.8) is 0 Å². The minimum absolute atomic E-state index is 0.171. The lowest BCUT2D eigenvalue weighted by molar-refractivity contribution is -0.139. The molecular formula is C5H7F2NO3S. The van der Waals surface area contributed by atoms with Crippen molar-refractivity contribution in [2.75, 3.05) is 5.75 Å². The van der Waals surface area contributed by atoms with Gasteiger partial charge >= 0.3 is 5.97 Å². The molecule has 2 N–H and O–H groups in total. The van der Waals surface area contributed by atoms with Crippen molar-refractivity contribution >= 4 is 24.1 Å². The fourth-order valence-electron chi connectivity index (χ4n) is 0.442. The molecule has 7 heteroatoms. The summed E-state index contributed by atoms with van der Waals surface area (Å²) in [7, 11) is 0. The molecule has 0 rings (SSSR count). The van der Waals surface area contributed by atoms with Gasteiger partial charge in [-0.3, -0.25) is 4.79 Å². The molecule has 0 bridgehead atoms. The van der Waals surface area contributed by atoms with Crippen LogP contribution in [0, 0.1) is 0 Å². The number of carbonyl (C=O) groups is 2. The lowest BCUT2D eigenvalue weighted by Crippen LogP contribution is -2.38. The average molecular weight is 199 g/mol. The monoisotopic (exact) mass is 199 g/mol.